The Balaban J connectivity index is 0.00000161. The van der Waals surface area contributed by atoms with Gasteiger partial charge in [-0.05, 0) is 37.8 Å². The molecule has 1 amide bonds. The van der Waals surface area contributed by atoms with Crippen molar-refractivity contribution in [2.75, 3.05) is 13.1 Å². The number of halogens is 1. The van der Waals surface area contributed by atoms with Gasteiger partial charge in [-0.25, -0.2) is 0 Å². The normalized spacial score (nSPS) is 23.0. The molecule has 4 heteroatoms. The molecule has 1 aliphatic carbocycles. The molecule has 1 unspecified atom stereocenters. The van der Waals surface area contributed by atoms with Crippen LogP contribution in [0, 0.1) is 0 Å². The molecule has 2 N–H and O–H groups in total. The summed E-state index contributed by atoms with van der Waals surface area (Å²) in [5.74, 6) is 0.201. The van der Waals surface area contributed by atoms with Crippen LogP contribution < -0.4 is 10.6 Å². The van der Waals surface area contributed by atoms with E-state index in [0.717, 1.165) is 19.5 Å². The zero-order valence-electron chi connectivity index (χ0n) is 12.4. The number of rotatable bonds is 5. The van der Waals surface area contributed by atoms with Crippen molar-refractivity contribution in [1.29, 1.82) is 0 Å². The second-order valence-electron chi connectivity index (χ2n) is 6.27. The van der Waals surface area contributed by atoms with Gasteiger partial charge in [0.15, 0.2) is 0 Å². The molecule has 0 aromatic heterocycles. The predicted octanol–water partition coefficient (Wildman–Crippen LogP) is 2.79. The molecule has 21 heavy (non-hydrogen) atoms. The zero-order valence-corrected chi connectivity index (χ0v) is 13.3. The molecule has 2 aliphatic rings. The molecule has 116 valence electrons. The van der Waals surface area contributed by atoms with Crippen LogP contribution >= 0.6 is 12.4 Å². The molecule has 2 fully saturated rings. The number of hydrogen-bond acceptors (Lipinski definition) is 2. The number of benzene rings is 1. The van der Waals surface area contributed by atoms with Gasteiger partial charge in [0.05, 0.1) is 0 Å². The molecule has 0 bridgehead atoms. The van der Waals surface area contributed by atoms with E-state index in [1.807, 2.05) is 0 Å². The first-order valence-corrected chi connectivity index (χ1v) is 7.84. The second-order valence-corrected chi connectivity index (χ2v) is 6.27. The van der Waals surface area contributed by atoms with Crippen LogP contribution in [-0.2, 0) is 10.2 Å². The molecule has 3 nitrogen and oxygen atoms in total. The summed E-state index contributed by atoms with van der Waals surface area (Å²) in [4.78, 5) is 12.1. The van der Waals surface area contributed by atoms with Crippen LogP contribution in [0.25, 0.3) is 0 Å². The van der Waals surface area contributed by atoms with Crippen molar-refractivity contribution < 1.29 is 4.79 Å². The summed E-state index contributed by atoms with van der Waals surface area (Å²) in [6.07, 6.45) is 6.63. The first-order valence-electron chi connectivity index (χ1n) is 7.84. The Bertz CT molecular complexity index is 453. The van der Waals surface area contributed by atoms with Gasteiger partial charge in [-0.1, -0.05) is 36.8 Å². The van der Waals surface area contributed by atoms with Crippen LogP contribution in [0.2, 0.25) is 0 Å². The van der Waals surface area contributed by atoms with E-state index >= 15 is 0 Å². The number of carbonyl (C=O) groups excluding carboxylic acids is 1. The van der Waals surface area contributed by atoms with Crippen molar-refractivity contribution in [3.8, 4) is 0 Å². The molecule has 1 saturated carbocycles. The summed E-state index contributed by atoms with van der Waals surface area (Å²) in [6.45, 7) is 1.86. The molecule has 1 aliphatic heterocycles. The van der Waals surface area contributed by atoms with Gasteiger partial charge < -0.3 is 10.6 Å². The largest absolute Gasteiger partial charge is 0.355 e. The van der Waals surface area contributed by atoms with E-state index in [1.165, 1.54) is 31.2 Å². The van der Waals surface area contributed by atoms with Crippen molar-refractivity contribution in [3.05, 3.63) is 35.9 Å². The Morgan fingerprint density at radius 3 is 2.57 bits per heavy atom. The van der Waals surface area contributed by atoms with Crippen molar-refractivity contribution in [3.63, 3.8) is 0 Å². The summed E-state index contributed by atoms with van der Waals surface area (Å²) in [6, 6.07) is 11.0. The van der Waals surface area contributed by atoms with Crippen LogP contribution in [0.4, 0.5) is 0 Å². The Kier molecular flexibility index (Phi) is 5.65. The van der Waals surface area contributed by atoms with Crippen LogP contribution in [0.3, 0.4) is 0 Å². The van der Waals surface area contributed by atoms with Crippen molar-refractivity contribution in [1.82, 2.24) is 10.6 Å². The molecular formula is C17H25ClN2O. The third-order valence-corrected chi connectivity index (χ3v) is 4.91. The summed E-state index contributed by atoms with van der Waals surface area (Å²) >= 11 is 0. The quantitative estimate of drug-likeness (QED) is 0.878. The van der Waals surface area contributed by atoms with Gasteiger partial charge in [0.1, 0.15) is 0 Å². The maximum absolute atomic E-state index is 12.1. The third-order valence-electron chi connectivity index (χ3n) is 4.91. The molecule has 1 aromatic carbocycles. The predicted molar refractivity (Wildman–Crippen MR) is 87.9 cm³/mol. The lowest BCUT2D eigenvalue weighted by atomic mass is 9.64. The first kappa shape index (κ1) is 16.3. The highest BCUT2D eigenvalue weighted by Crippen LogP contribution is 2.43. The Morgan fingerprint density at radius 1 is 1.24 bits per heavy atom. The lowest BCUT2D eigenvalue weighted by molar-refractivity contribution is -0.122. The topological polar surface area (TPSA) is 41.1 Å². The van der Waals surface area contributed by atoms with Gasteiger partial charge >= 0.3 is 0 Å². The molecule has 3 rings (SSSR count). The molecular weight excluding hydrogens is 284 g/mol. The minimum atomic E-state index is 0. The van der Waals surface area contributed by atoms with E-state index in [-0.39, 0.29) is 23.7 Å². The third kappa shape index (κ3) is 3.78. The van der Waals surface area contributed by atoms with Crippen molar-refractivity contribution in [2.45, 2.75) is 50.0 Å². The van der Waals surface area contributed by atoms with E-state index < -0.39 is 0 Å². The number of hydrogen-bond donors (Lipinski definition) is 2. The minimum Gasteiger partial charge on any atom is -0.355 e. The standard InChI is InChI=1S/C17H24N2O.ClH/c20-16(12-15-8-4-11-18-15)19-13-17(9-5-10-17)14-6-2-1-3-7-14;/h1-3,6-7,15,18H,4-5,8-13H2,(H,19,20);1H. The van der Waals surface area contributed by atoms with Gasteiger partial charge in [0.25, 0.3) is 0 Å². The fraction of sp³-hybridized carbons (Fsp3) is 0.588. The molecule has 1 atom stereocenters. The highest BCUT2D eigenvalue weighted by molar-refractivity contribution is 5.85. The Labute approximate surface area is 133 Å². The van der Waals surface area contributed by atoms with Crippen LogP contribution in [0.1, 0.15) is 44.1 Å². The number of nitrogens with one attached hydrogen (secondary N) is 2. The average Bonchev–Trinajstić information content (AvgIpc) is 2.91. The Hall–Kier alpha value is -1.06. The monoisotopic (exact) mass is 308 g/mol. The van der Waals surface area contributed by atoms with Gasteiger partial charge in [-0.2, -0.15) is 0 Å². The average molecular weight is 309 g/mol. The smallest absolute Gasteiger partial charge is 0.221 e. The SMILES string of the molecule is Cl.O=C(CC1CCCN1)NCC1(c2ccccc2)CCC1. The summed E-state index contributed by atoms with van der Waals surface area (Å²) in [5.41, 5.74) is 1.57. The summed E-state index contributed by atoms with van der Waals surface area (Å²) < 4.78 is 0. The lowest BCUT2D eigenvalue weighted by Crippen LogP contribution is -2.46. The van der Waals surface area contributed by atoms with E-state index in [2.05, 4.69) is 41.0 Å². The van der Waals surface area contributed by atoms with E-state index in [9.17, 15) is 4.79 Å². The van der Waals surface area contributed by atoms with E-state index in [1.54, 1.807) is 0 Å². The van der Waals surface area contributed by atoms with Crippen LogP contribution in [-0.4, -0.2) is 25.0 Å². The van der Waals surface area contributed by atoms with Crippen LogP contribution in [0.15, 0.2) is 30.3 Å². The maximum Gasteiger partial charge on any atom is 0.221 e. The highest BCUT2D eigenvalue weighted by Gasteiger charge is 2.38. The second kappa shape index (κ2) is 7.28. The lowest BCUT2D eigenvalue weighted by Gasteiger charge is -2.42. The van der Waals surface area contributed by atoms with Gasteiger partial charge in [0, 0.05) is 24.4 Å². The van der Waals surface area contributed by atoms with Gasteiger partial charge in [-0.3, -0.25) is 4.79 Å². The van der Waals surface area contributed by atoms with E-state index in [4.69, 9.17) is 0 Å². The molecule has 0 spiro atoms. The fourth-order valence-corrected chi connectivity index (χ4v) is 3.46. The number of amides is 1. The van der Waals surface area contributed by atoms with Crippen molar-refractivity contribution in [2.24, 2.45) is 0 Å². The molecule has 1 aromatic rings. The number of carbonyl (C=O) groups is 1. The summed E-state index contributed by atoms with van der Waals surface area (Å²) in [7, 11) is 0. The first-order chi connectivity index (χ1) is 9.78. The molecule has 1 heterocycles. The highest BCUT2D eigenvalue weighted by atomic mass is 35.5. The van der Waals surface area contributed by atoms with Crippen LogP contribution in [0.5, 0.6) is 0 Å². The maximum atomic E-state index is 12.1. The Morgan fingerprint density at radius 2 is 2.00 bits per heavy atom. The van der Waals surface area contributed by atoms with Gasteiger partial charge in [-0.15, -0.1) is 12.4 Å². The zero-order chi connectivity index (χ0) is 13.8. The van der Waals surface area contributed by atoms with Gasteiger partial charge in [0.2, 0.25) is 5.91 Å². The molecule has 0 radical (unpaired) electrons. The fourth-order valence-electron chi connectivity index (χ4n) is 3.46. The van der Waals surface area contributed by atoms with Crippen molar-refractivity contribution >= 4 is 18.3 Å². The molecule has 1 saturated heterocycles. The summed E-state index contributed by atoms with van der Waals surface area (Å²) in [5, 5.41) is 6.56. The minimum absolute atomic E-state index is 0. The van der Waals surface area contributed by atoms with E-state index in [0.29, 0.717) is 12.5 Å².